The van der Waals surface area contributed by atoms with Crippen molar-refractivity contribution in [2.24, 2.45) is 0 Å². The number of fused-ring (bicyclic) bond motifs is 1. The van der Waals surface area contributed by atoms with E-state index in [1.54, 1.807) is 0 Å². The average Bonchev–Trinajstić information content (AvgIpc) is 2.60. The van der Waals surface area contributed by atoms with Crippen molar-refractivity contribution >= 4 is 32.7 Å². The second-order valence-corrected chi connectivity index (χ2v) is 5.59. The van der Waals surface area contributed by atoms with Gasteiger partial charge >= 0.3 is 5.97 Å². The highest BCUT2D eigenvalue weighted by Crippen LogP contribution is 2.33. The number of rotatable bonds is 3. The molecule has 0 spiro atoms. The molecule has 0 bridgehead atoms. The first-order chi connectivity index (χ1) is 10.7. The summed E-state index contributed by atoms with van der Waals surface area (Å²) in [5, 5.41) is 2.97. The highest BCUT2D eigenvalue weighted by Gasteiger charge is 2.16. The lowest BCUT2D eigenvalue weighted by atomic mass is 9.93. The molecule has 0 aliphatic rings. The highest BCUT2D eigenvalue weighted by molar-refractivity contribution is 9.08. The van der Waals surface area contributed by atoms with Gasteiger partial charge in [0.1, 0.15) is 0 Å². The number of esters is 1. The van der Waals surface area contributed by atoms with Crippen LogP contribution in [0, 0.1) is 0 Å². The minimum atomic E-state index is -0.315. The molecule has 3 heteroatoms. The summed E-state index contributed by atoms with van der Waals surface area (Å²) in [4.78, 5) is 12.1. The van der Waals surface area contributed by atoms with Crippen molar-refractivity contribution in [3.05, 3.63) is 71.8 Å². The van der Waals surface area contributed by atoms with Gasteiger partial charge in [-0.05, 0) is 28.0 Å². The summed E-state index contributed by atoms with van der Waals surface area (Å²) >= 11 is 3.45. The predicted octanol–water partition coefficient (Wildman–Crippen LogP) is 5.19. The second-order valence-electron chi connectivity index (χ2n) is 5.03. The van der Waals surface area contributed by atoms with E-state index in [0.29, 0.717) is 5.56 Å². The maximum absolute atomic E-state index is 12.1. The summed E-state index contributed by atoms with van der Waals surface area (Å²) in [7, 11) is 1.41. The van der Waals surface area contributed by atoms with Crippen LogP contribution in [0.4, 0.5) is 0 Å². The summed E-state index contributed by atoms with van der Waals surface area (Å²) in [5.74, 6) is -0.315. The van der Waals surface area contributed by atoms with Gasteiger partial charge in [-0.3, -0.25) is 0 Å². The molecule has 22 heavy (non-hydrogen) atoms. The van der Waals surface area contributed by atoms with Crippen LogP contribution in [0.5, 0.6) is 0 Å². The van der Waals surface area contributed by atoms with E-state index in [1.165, 1.54) is 12.7 Å². The Morgan fingerprint density at radius 1 is 1.00 bits per heavy atom. The molecule has 0 N–H and O–H groups in total. The molecule has 0 radical (unpaired) electrons. The highest BCUT2D eigenvalue weighted by atomic mass is 79.9. The van der Waals surface area contributed by atoms with Crippen LogP contribution in [0.2, 0.25) is 0 Å². The molecule has 3 rings (SSSR count). The number of hydrogen-bond acceptors (Lipinski definition) is 2. The van der Waals surface area contributed by atoms with Gasteiger partial charge in [0.25, 0.3) is 0 Å². The van der Waals surface area contributed by atoms with Gasteiger partial charge < -0.3 is 4.74 Å². The van der Waals surface area contributed by atoms with Crippen molar-refractivity contribution in [1.29, 1.82) is 0 Å². The van der Waals surface area contributed by atoms with Gasteiger partial charge in [-0.1, -0.05) is 70.5 Å². The summed E-state index contributed by atoms with van der Waals surface area (Å²) in [6.07, 6.45) is 0. The first-order valence-corrected chi connectivity index (χ1v) is 8.12. The Morgan fingerprint density at radius 3 is 2.41 bits per heavy atom. The third-order valence-corrected chi connectivity index (χ3v) is 4.38. The molecule has 110 valence electrons. The van der Waals surface area contributed by atoms with E-state index in [9.17, 15) is 4.79 Å². The van der Waals surface area contributed by atoms with Gasteiger partial charge in [-0.25, -0.2) is 4.79 Å². The largest absolute Gasteiger partial charge is 0.465 e. The van der Waals surface area contributed by atoms with E-state index < -0.39 is 0 Å². The lowest BCUT2D eigenvalue weighted by Gasteiger charge is -2.12. The number of halogens is 1. The smallest absolute Gasteiger partial charge is 0.338 e. The predicted molar refractivity (Wildman–Crippen MR) is 93.4 cm³/mol. The Morgan fingerprint density at radius 2 is 1.73 bits per heavy atom. The molecule has 2 nitrogen and oxygen atoms in total. The molecule has 3 aromatic rings. The molecular weight excluding hydrogens is 340 g/mol. The number of carbonyl (C=O) groups is 1. The molecule has 0 unspecified atom stereocenters. The first kappa shape index (κ1) is 14.8. The fourth-order valence-corrected chi connectivity index (χ4v) is 3.00. The van der Waals surface area contributed by atoms with Crippen LogP contribution in [0.1, 0.15) is 15.9 Å². The van der Waals surface area contributed by atoms with Crippen LogP contribution >= 0.6 is 15.9 Å². The van der Waals surface area contributed by atoms with E-state index in [0.717, 1.165) is 27.2 Å². The molecule has 0 fully saturated rings. The molecule has 0 saturated heterocycles. The van der Waals surface area contributed by atoms with E-state index in [-0.39, 0.29) is 5.97 Å². The maximum Gasteiger partial charge on any atom is 0.338 e. The van der Waals surface area contributed by atoms with E-state index in [1.807, 2.05) is 48.5 Å². The van der Waals surface area contributed by atoms with Crippen LogP contribution in [0.25, 0.3) is 21.9 Å². The maximum atomic E-state index is 12.1. The van der Waals surface area contributed by atoms with Crippen molar-refractivity contribution in [3.8, 4) is 11.1 Å². The summed E-state index contributed by atoms with van der Waals surface area (Å²) in [6.45, 7) is 0. The summed E-state index contributed by atoms with van der Waals surface area (Å²) in [5.41, 5.74) is 3.73. The molecular formula is C19H15BrO2. The summed E-state index contributed by atoms with van der Waals surface area (Å²) < 4.78 is 4.95. The number of alkyl halides is 1. The van der Waals surface area contributed by atoms with Crippen molar-refractivity contribution in [1.82, 2.24) is 0 Å². The van der Waals surface area contributed by atoms with Crippen LogP contribution in [0.3, 0.4) is 0 Å². The number of benzene rings is 3. The Hall–Kier alpha value is -2.13. The van der Waals surface area contributed by atoms with Gasteiger partial charge in [0, 0.05) is 10.9 Å². The van der Waals surface area contributed by atoms with Gasteiger partial charge in [0.05, 0.1) is 12.7 Å². The molecule has 0 aromatic heterocycles. The molecule has 3 aromatic carbocycles. The van der Waals surface area contributed by atoms with Crippen LogP contribution in [-0.4, -0.2) is 13.1 Å². The SMILES string of the molecule is COC(=O)c1ccc2ccccc2c1-c1ccc(CBr)cc1. The lowest BCUT2D eigenvalue weighted by Crippen LogP contribution is -2.04. The summed E-state index contributed by atoms with van der Waals surface area (Å²) in [6, 6.07) is 20.1. The molecule has 0 heterocycles. The number of ether oxygens (including phenoxy) is 1. The monoisotopic (exact) mass is 354 g/mol. The van der Waals surface area contributed by atoms with Crippen LogP contribution in [-0.2, 0) is 10.1 Å². The van der Waals surface area contributed by atoms with Crippen LogP contribution in [0.15, 0.2) is 60.7 Å². The number of methoxy groups -OCH3 is 1. The fourth-order valence-electron chi connectivity index (χ4n) is 2.62. The third kappa shape index (κ3) is 2.64. The van der Waals surface area contributed by atoms with Crippen molar-refractivity contribution in [3.63, 3.8) is 0 Å². The van der Waals surface area contributed by atoms with Gasteiger partial charge in [0.2, 0.25) is 0 Å². The van der Waals surface area contributed by atoms with Gasteiger partial charge in [-0.2, -0.15) is 0 Å². The first-order valence-electron chi connectivity index (χ1n) is 7.00. The third-order valence-electron chi connectivity index (χ3n) is 3.73. The molecule has 0 aliphatic heterocycles. The van der Waals surface area contributed by atoms with Crippen molar-refractivity contribution in [2.75, 3.05) is 7.11 Å². The minimum absolute atomic E-state index is 0.315. The zero-order valence-corrected chi connectivity index (χ0v) is 13.8. The molecule has 0 atom stereocenters. The fraction of sp³-hybridized carbons (Fsp3) is 0.105. The van der Waals surface area contributed by atoms with E-state index in [2.05, 4.69) is 28.1 Å². The topological polar surface area (TPSA) is 26.3 Å². The Kier molecular flexibility index (Phi) is 4.25. The van der Waals surface area contributed by atoms with Gasteiger partial charge in [-0.15, -0.1) is 0 Å². The second kappa shape index (κ2) is 6.32. The quantitative estimate of drug-likeness (QED) is 0.478. The van der Waals surface area contributed by atoms with E-state index in [4.69, 9.17) is 4.74 Å². The van der Waals surface area contributed by atoms with E-state index >= 15 is 0 Å². The Balaban J connectivity index is 2.29. The molecule has 0 amide bonds. The van der Waals surface area contributed by atoms with Gasteiger partial charge in [0.15, 0.2) is 0 Å². The zero-order chi connectivity index (χ0) is 15.5. The Bertz CT molecular complexity index is 822. The normalized spacial score (nSPS) is 10.6. The molecule has 0 aliphatic carbocycles. The van der Waals surface area contributed by atoms with Crippen LogP contribution < -0.4 is 0 Å². The molecule has 0 saturated carbocycles. The standard InChI is InChI=1S/C19H15BrO2/c1-22-19(21)17-11-10-14-4-2-3-5-16(14)18(17)15-8-6-13(12-20)7-9-15/h2-11H,12H2,1H3. The van der Waals surface area contributed by atoms with Crippen molar-refractivity contribution < 1.29 is 9.53 Å². The zero-order valence-electron chi connectivity index (χ0n) is 12.2. The lowest BCUT2D eigenvalue weighted by molar-refractivity contribution is 0.0602. The average molecular weight is 355 g/mol. The number of hydrogen-bond donors (Lipinski definition) is 0. The number of carbonyl (C=O) groups excluding carboxylic acids is 1. The minimum Gasteiger partial charge on any atom is -0.465 e. The Labute approximate surface area is 137 Å². The van der Waals surface area contributed by atoms with Crippen molar-refractivity contribution in [2.45, 2.75) is 5.33 Å².